The Labute approximate surface area is 129 Å². The fraction of sp³-hybridized carbons (Fsp3) is 0.500. The summed E-state index contributed by atoms with van der Waals surface area (Å²) in [5, 5.41) is 3.83. The van der Waals surface area contributed by atoms with Crippen LogP contribution in [-0.2, 0) is 4.79 Å². The van der Waals surface area contributed by atoms with Crippen LogP contribution in [0.5, 0.6) is 5.75 Å². The number of amides is 1. The predicted octanol–water partition coefficient (Wildman–Crippen LogP) is 2.44. The highest BCUT2D eigenvalue weighted by Gasteiger charge is 2.19. The summed E-state index contributed by atoms with van der Waals surface area (Å²) in [6.45, 7) is 2.78. The molecular weight excluding hydrogens is 299 g/mol. The van der Waals surface area contributed by atoms with Crippen LogP contribution in [0.2, 0.25) is 10.0 Å². The molecule has 110 valence electrons. The van der Waals surface area contributed by atoms with Crippen molar-refractivity contribution in [2.75, 3.05) is 33.3 Å². The van der Waals surface area contributed by atoms with Gasteiger partial charge in [-0.15, -0.1) is 0 Å². The molecule has 1 atom stereocenters. The number of likely N-dealkylation sites (tertiary alicyclic amines) is 1. The Morgan fingerprint density at radius 1 is 1.50 bits per heavy atom. The molecule has 0 saturated carbocycles. The monoisotopic (exact) mass is 316 g/mol. The summed E-state index contributed by atoms with van der Waals surface area (Å²) in [5.41, 5.74) is 0. The van der Waals surface area contributed by atoms with E-state index in [0.717, 1.165) is 19.5 Å². The van der Waals surface area contributed by atoms with Crippen LogP contribution in [0.4, 0.5) is 0 Å². The fourth-order valence-electron chi connectivity index (χ4n) is 2.24. The van der Waals surface area contributed by atoms with Crippen molar-refractivity contribution in [3.8, 4) is 5.75 Å². The van der Waals surface area contributed by atoms with Gasteiger partial charge >= 0.3 is 0 Å². The van der Waals surface area contributed by atoms with Crippen molar-refractivity contribution in [1.29, 1.82) is 0 Å². The standard InChI is InChI=1S/C14H18Cl2N2O2/c1-18-5-4-10(8-18)7-17-14(19)9-20-13-3-2-11(15)6-12(13)16/h2-3,6,10H,4-5,7-9H2,1H3,(H,17,19). The average molecular weight is 317 g/mol. The van der Waals surface area contributed by atoms with Crippen LogP contribution < -0.4 is 10.1 Å². The molecule has 1 unspecified atom stereocenters. The van der Waals surface area contributed by atoms with Crippen molar-refractivity contribution in [3.63, 3.8) is 0 Å². The topological polar surface area (TPSA) is 41.6 Å². The minimum Gasteiger partial charge on any atom is -0.482 e. The lowest BCUT2D eigenvalue weighted by molar-refractivity contribution is -0.123. The van der Waals surface area contributed by atoms with E-state index < -0.39 is 0 Å². The Hall–Kier alpha value is -0.970. The summed E-state index contributed by atoms with van der Waals surface area (Å²) in [6.07, 6.45) is 1.13. The molecule has 4 nitrogen and oxygen atoms in total. The summed E-state index contributed by atoms with van der Waals surface area (Å²) in [6, 6.07) is 4.92. The third kappa shape index (κ3) is 4.54. The van der Waals surface area contributed by atoms with Crippen LogP contribution in [0.15, 0.2) is 18.2 Å². The highest BCUT2D eigenvalue weighted by atomic mass is 35.5. The van der Waals surface area contributed by atoms with Gasteiger partial charge in [0.05, 0.1) is 5.02 Å². The van der Waals surface area contributed by atoms with Crippen molar-refractivity contribution < 1.29 is 9.53 Å². The van der Waals surface area contributed by atoms with Gasteiger partial charge in [-0.1, -0.05) is 23.2 Å². The molecule has 1 fully saturated rings. The number of rotatable bonds is 5. The van der Waals surface area contributed by atoms with Crippen LogP contribution in [0.25, 0.3) is 0 Å². The van der Waals surface area contributed by atoms with Gasteiger partial charge in [-0.3, -0.25) is 4.79 Å². The normalized spacial score (nSPS) is 19.1. The van der Waals surface area contributed by atoms with Gasteiger partial charge in [-0.05, 0) is 44.1 Å². The Balaban J connectivity index is 1.72. The molecular formula is C14H18Cl2N2O2. The maximum Gasteiger partial charge on any atom is 0.257 e. The summed E-state index contributed by atoms with van der Waals surface area (Å²) < 4.78 is 5.38. The number of carbonyl (C=O) groups excluding carboxylic acids is 1. The van der Waals surface area contributed by atoms with E-state index in [9.17, 15) is 4.79 Å². The third-order valence-corrected chi connectivity index (χ3v) is 3.86. The molecule has 1 aromatic carbocycles. The predicted molar refractivity (Wildman–Crippen MR) is 80.6 cm³/mol. The number of benzene rings is 1. The van der Waals surface area contributed by atoms with Crippen molar-refractivity contribution in [3.05, 3.63) is 28.2 Å². The molecule has 1 aliphatic rings. The molecule has 1 saturated heterocycles. The van der Waals surface area contributed by atoms with Crippen molar-refractivity contribution >= 4 is 29.1 Å². The number of ether oxygens (including phenoxy) is 1. The Kier molecular flexibility index (Phi) is 5.52. The van der Waals surface area contributed by atoms with Gasteiger partial charge in [0.15, 0.2) is 6.61 Å². The maximum atomic E-state index is 11.7. The lowest BCUT2D eigenvalue weighted by atomic mass is 10.1. The fourth-order valence-corrected chi connectivity index (χ4v) is 2.70. The molecule has 1 amide bonds. The van der Waals surface area contributed by atoms with Crippen molar-refractivity contribution in [1.82, 2.24) is 10.2 Å². The van der Waals surface area contributed by atoms with E-state index in [2.05, 4.69) is 17.3 Å². The van der Waals surface area contributed by atoms with Gasteiger partial charge < -0.3 is 15.0 Å². The number of nitrogens with one attached hydrogen (secondary N) is 1. The zero-order chi connectivity index (χ0) is 14.5. The first kappa shape index (κ1) is 15.4. The minimum atomic E-state index is -0.134. The van der Waals surface area contributed by atoms with Crippen LogP contribution >= 0.6 is 23.2 Å². The second kappa shape index (κ2) is 7.16. The molecule has 6 heteroatoms. The molecule has 0 aliphatic carbocycles. The van der Waals surface area contributed by atoms with Gasteiger partial charge in [-0.25, -0.2) is 0 Å². The molecule has 2 rings (SSSR count). The number of hydrogen-bond acceptors (Lipinski definition) is 3. The van der Waals surface area contributed by atoms with Gasteiger partial charge in [0.2, 0.25) is 0 Å². The Morgan fingerprint density at radius 3 is 2.95 bits per heavy atom. The van der Waals surface area contributed by atoms with Gasteiger partial charge in [0, 0.05) is 18.1 Å². The minimum absolute atomic E-state index is 0.0378. The molecule has 0 bridgehead atoms. The van der Waals surface area contributed by atoms with E-state index in [1.54, 1.807) is 18.2 Å². The van der Waals surface area contributed by atoms with Crippen LogP contribution in [-0.4, -0.2) is 44.1 Å². The van der Waals surface area contributed by atoms with E-state index in [-0.39, 0.29) is 12.5 Å². The van der Waals surface area contributed by atoms with Crippen molar-refractivity contribution in [2.45, 2.75) is 6.42 Å². The van der Waals surface area contributed by atoms with E-state index in [1.807, 2.05) is 0 Å². The molecule has 1 N–H and O–H groups in total. The first-order valence-electron chi connectivity index (χ1n) is 6.57. The molecule has 0 spiro atoms. The lowest BCUT2D eigenvalue weighted by Crippen LogP contribution is -2.33. The Morgan fingerprint density at radius 2 is 2.30 bits per heavy atom. The second-order valence-corrected chi connectivity index (χ2v) is 5.93. The zero-order valence-corrected chi connectivity index (χ0v) is 12.9. The summed E-state index contributed by atoms with van der Waals surface area (Å²) in [5.74, 6) is 0.862. The number of carbonyl (C=O) groups is 1. The lowest BCUT2D eigenvalue weighted by Gasteiger charge is -2.12. The molecule has 20 heavy (non-hydrogen) atoms. The number of hydrogen-bond donors (Lipinski definition) is 1. The number of halogens is 2. The molecule has 1 heterocycles. The average Bonchev–Trinajstić information content (AvgIpc) is 2.81. The summed E-state index contributed by atoms with van der Waals surface area (Å²) >= 11 is 11.8. The quantitative estimate of drug-likeness (QED) is 0.907. The highest BCUT2D eigenvalue weighted by Crippen LogP contribution is 2.27. The van der Waals surface area contributed by atoms with Gasteiger partial charge in [0.1, 0.15) is 5.75 Å². The van der Waals surface area contributed by atoms with Crippen molar-refractivity contribution in [2.24, 2.45) is 5.92 Å². The molecule has 1 aliphatic heterocycles. The van der Waals surface area contributed by atoms with Gasteiger partial charge in [0.25, 0.3) is 5.91 Å². The van der Waals surface area contributed by atoms with E-state index in [0.29, 0.717) is 28.3 Å². The molecule has 1 aromatic rings. The largest absolute Gasteiger partial charge is 0.482 e. The first-order chi connectivity index (χ1) is 9.54. The van der Waals surface area contributed by atoms with Gasteiger partial charge in [-0.2, -0.15) is 0 Å². The summed E-state index contributed by atoms with van der Waals surface area (Å²) in [4.78, 5) is 14.0. The van der Waals surface area contributed by atoms with E-state index >= 15 is 0 Å². The maximum absolute atomic E-state index is 11.7. The molecule has 0 aromatic heterocycles. The summed E-state index contributed by atoms with van der Waals surface area (Å²) in [7, 11) is 2.09. The molecule has 0 radical (unpaired) electrons. The van der Waals surface area contributed by atoms with E-state index in [4.69, 9.17) is 27.9 Å². The van der Waals surface area contributed by atoms with Crippen LogP contribution in [0.1, 0.15) is 6.42 Å². The Bertz CT molecular complexity index is 482. The number of nitrogens with zero attached hydrogens (tertiary/aromatic N) is 1. The second-order valence-electron chi connectivity index (χ2n) is 5.08. The smallest absolute Gasteiger partial charge is 0.257 e. The SMILES string of the molecule is CN1CCC(CNC(=O)COc2ccc(Cl)cc2Cl)C1. The van der Waals surface area contributed by atoms with E-state index in [1.165, 1.54) is 0 Å². The highest BCUT2D eigenvalue weighted by molar-refractivity contribution is 6.35. The zero-order valence-electron chi connectivity index (χ0n) is 11.4. The first-order valence-corrected chi connectivity index (χ1v) is 7.33. The van der Waals surface area contributed by atoms with Crippen LogP contribution in [0.3, 0.4) is 0 Å². The third-order valence-electron chi connectivity index (χ3n) is 3.33. The van der Waals surface area contributed by atoms with Crippen LogP contribution in [0, 0.1) is 5.92 Å².